The number of furan rings is 1. The molecule has 1 saturated heterocycles. The van der Waals surface area contributed by atoms with E-state index >= 15 is 0 Å². The van der Waals surface area contributed by atoms with Crippen LogP contribution in [0.1, 0.15) is 54.2 Å². The van der Waals surface area contributed by atoms with Crippen LogP contribution in [0.2, 0.25) is 0 Å². The molecule has 2 aromatic heterocycles. The lowest BCUT2D eigenvalue weighted by Gasteiger charge is -2.41. The Morgan fingerprint density at radius 2 is 1.91 bits per heavy atom. The van der Waals surface area contributed by atoms with E-state index in [2.05, 4.69) is 32.0 Å². The average molecular weight is 434 g/mol. The molecule has 5 rings (SSSR count). The van der Waals surface area contributed by atoms with Crippen molar-refractivity contribution in [3.8, 4) is 0 Å². The maximum absolute atomic E-state index is 13.6. The monoisotopic (exact) mass is 433 g/mol. The van der Waals surface area contributed by atoms with Gasteiger partial charge in [0.15, 0.2) is 0 Å². The maximum atomic E-state index is 13.6. The number of carbonyl (C=O) groups is 2. The second kappa shape index (κ2) is 8.49. The quantitative estimate of drug-likeness (QED) is 0.611. The molecule has 1 aliphatic heterocycles. The Morgan fingerprint density at radius 1 is 1.09 bits per heavy atom. The minimum absolute atomic E-state index is 0.00358. The summed E-state index contributed by atoms with van der Waals surface area (Å²) in [5, 5.41) is 0.934. The minimum Gasteiger partial charge on any atom is -0.448 e. The molecular formula is C26H31N3O3. The number of nitrogens with zero attached hydrogens (tertiary/aromatic N) is 3. The standard InChI is InChI=1S/C26H31N3O3/c1-18-6-5-7-20(14-18)17-29-23(15-22-10-13-32-26(22)29)25(31)27-11-12-28(19(2)16-27)24(30)21-8-3-4-9-21/h5-7,10,13-15,19,21H,3-4,8-9,11-12,16-17H2,1-2H3. The van der Waals surface area contributed by atoms with Crippen LogP contribution in [0.25, 0.3) is 11.1 Å². The number of aromatic nitrogens is 1. The van der Waals surface area contributed by atoms with E-state index in [0.29, 0.717) is 31.9 Å². The fourth-order valence-electron chi connectivity index (χ4n) is 5.34. The van der Waals surface area contributed by atoms with Gasteiger partial charge in [-0.1, -0.05) is 42.7 Å². The van der Waals surface area contributed by atoms with Crippen molar-refractivity contribution in [2.24, 2.45) is 5.92 Å². The van der Waals surface area contributed by atoms with Gasteiger partial charge in [0.2, 0.25) is 11.6 Å². The van der Waals surface area contributed by atoms with Crippen molar-refractivity contribution in [3.05, 3.63) is 59.5 Å². The summed E-state index contributed by atoms with van der Waals surface area (Å²) in [6.45, 7) is 6.45. The molecule has 2 fully saturated rings. The first-order valence-electron chi connectivity index (χ1n) is 11.7. The minimum atomic E-state index is 0.00358. The van der Waals surface area contributed by atoms with Crippen molar-refractivity contribution in [1.29, 1.82) is 0 Å². The Kier molecular flexibility index (Phi) is 5.53. The largest absolute Gasteiger partial charge is 0.448 e. The topological polar surface area (TPSA) is 58.7 Å². The molecular weight excluding hydrogens is 402 g/mol. The predicted molar refractivity (Wildman–Crippen MR) is 124 cm³/mol. The van der Waals surface area contributed by atoms with Crippen molar-refractivity contribution < 1.29 is 14.0 Å². The van der Waals surface area contributed by atoms with E-state index in [9.17, 15) is 9.59 Å². The molecule has 2 amide bonds. The molecule has 6 nitrogen and oxygen atoms in total. The van der Waals surface area contributed by atoms with Gasteiger partial charge in [-0.2, -0.15) is 0 Å². The first-order valence-corrected chi connectivity index (χ1v) is 11.7. The van der Waals surface area contributed by atoms with E-state index in [1.807, 2.05) is 32.6 Å². The Balaban J connectivity index is 1.36. The molecule has 1 aromatic carbocycles. The lowest BCUT2D eigenvalue weighted by Crippen LogP contribution is -2.56. The highest BCUT2D eigenvalue weighted by Gasteiger charge is 2.35. The second-order valence-corrected chi connectivity index (χ2v) is 9.40. The highest BCUT2D eigenvalue weighted by molar-refractivity contribution is 5.98. The molecule has 32 heavy (non-hydrogen) atoms. The van der Waals surface area contributed by atoms with Gasteiger partial charge in [-0.25, -0.2) is 0 Å². The van der Waals surface area contributed by atoms with E-state index in [0.717, 1.165) is 42.3 Å². The molecule has 1 aliphatic carbocycles. The smallest absolute Gasteiger partial charge is 0.270 e. The lowest BCUT2D eigenvalue weighted by molar-refractivity contribution is -0.139. The zero-order valence-corrected chi connectivity index (χ0v) is 18.9. The van der Waals surface area contributed by atoms with Crippen molar-refractivity contribution in [1.82, 2.24) is 14.4 Å². The molecule has 3 heterocycles. The molecule has 168 valence electrons. The van der Waals surface area contributed by atoms with Crippen LogP contribution in [0, 0.1) is 12.8 Å². The Morgan fingerprint density at radius 3 is 2.66 bits per heavy atom. The lowest BCUT2D eigenvalue weighted by atomic mass is 10.0. The first-order chi connectivity index (χ1) is 15.5. The number of benzene rings is 1. The molecule has 6 heteroatoms. The van der Waals surface area contributed by atoms with Gasteiger partial charge < -0.3 is 18.8 Å². The number of carbonyl (C=O) groups excluding carboxylic acids is 2. The van der Waals surface area contributed by atoms with Crippen molar-refractivity contribution in [3.63, 3.8) is 0 Å². The van der Waals surface area contributed by atoms with Crippen LogP contribution in [0.15, 0.2) is 47.1 Å². The normalized spacial score (nSPS) is 19.8. The van der Waals surface area contributed by atoms with Gasteiger partial charge in [0.05, 0.1) is 12.8 Å². The van der Waals surface area contributed by atoms with Gasteiger partial charge >= 0.3 is 0 Å². The summed E-state index contributed by atoms with van der Waals surface area (Å²) in [5.74, 6) is 0.462. The molecule has 0 N–H and O–H groups in total. The van der Waals surface area contributed by atoms with Crippen LogP contribution >= 0.6 is 0 Å². The van der Waals surface area contributed by atoms with Gasteiger partial charge in [-0.15, -0.1) is 0 Å². The summed E-state index contributed by atoms with van der Waals surface area (Å²) in [6.07, 6.45) is 6.00. The number of piperazine rings is 1. The van der Waals surface area contributed by atoms with Crippen molar-refractivity contribution >= 4 is 22.9 Å². The third-order valence-electron chi connectivity index (χ3n) is 7.05. The van der Waals surface area contributed by atoms with E-state index in [1.165, 1.54) is 5.56 Å². The average Bonchev–Trinajstić information content (AvgIpc) is 3.52. The molecule has 1 unspecified atom stereocenters. The maximum Gasteiger partial charge on any atom is 0.270 e. The third kappa shape index (κ3) is 3.83. The molecule has 0 spiro atoms. The van der Waals surface area contributed by atoms with Crippen molar-refractivity contribution in [2.45, 2.75) is 52.1 Å². The summed E-state index contributed by atoms with van der Waals surface area (Å²) in [4.78, 5) is 30.4. The zero-order chi connectivity index (χ0) is 22.2. The number of aryl methyl sites for hydroxylation is 1. The van der Waals surface area contributed by atoms with Crippen LogP contribution in [0.3, 0.4) is 0 Å². The highest BCUT2D eigenvalue weighted by Crippen LogP contribution is 2.29. The van der Waals surface area contributed by atoms with Gasteiger partial charge in [-0.05, 0) is 44.4 Å². The molecule has 1 atom stereocenters. The van der Waals surface area contributed by atoms with Crippen LogP contribution in [-0.2, 0) is 11.3 Å². The molecule has 0 bridgehead atoms. The van der Waals surface area contributed by atoms with Gasteiger partial charge in [0, 0.05) is 37.0 Å². The molecule has 0 radical (unpaired) electrons. The second-order valence-electron chi connectivity index (χ2n) is 9.40. The van der Waals surface area contributed by atoms with Crippen LogP contribution in [0.4, 0.5) is 0 Å². The number of amides is 2. The third-order valence-corrected chi connectivity index (χ3v) is 7.05. The van der Waals surface area contributed by atoms with Gasteiger partial charge in [0.25, 0.3) is 5.91 Å². The van der Waals surface area contributed by atoms with E-state index < -0.39 is 0 Å². The summed E-state index contributed by atoms with van der Waals surface area (Å²) >= 11 is 0. The number of hydrogen-bond donors (Lipinski definition) is 0. The highest BCUT2D eigenvalue weighted by atomic mass is 16.3. The van der Waals surface area contributed by atoms with E-state index in [-0.39, 0.29) is 23.8 Å². The van der Waals surface area contributed by atoms with Gasteiger partial charge in [0.1, 0.15) is 5.69 Å². The number of fused-ring (bicyclic) bond motifs is 1. The van der Waals surface area contributed by atoms with Crippen LogP contribution in [0.5, 0.6) is 0 Å². The van der Waals surface area contributed by atoms with Crippen LogP contribution in [-0.4, -0.2) is 51.9 Å². The number of hydrogen-bond acceptors (Lipinski definition) is 3. The Labute approximate surface area is 188 Å². The summed E-state index contributed by atoms with van der Waals surface area (Å²) in [5.41, 5.74) is 3.69. The zero-order valence-electron chi connectivity index (χ0n) is 18.9. The summed E-state index contributed by atoms with van der Waals surface area (Å²) in [6, 6.07) is 12.2. The molecule has 1 saturated carbocycles. The summed E-state index contributed by atoms with van der Waals surface area (Å²) < 4.78 is 7.71. The molecule has 2 aliphatic rings. The predicted octanol–water partition coefficient (Wildman–Crippen LogP) is 4.45. The SMILES string of the molecule is Cc1cccc(Cn2c(C(=O)N3CCN(C(=O)C4CCCC4)C(C)C3)cc3ccoc32)c1. The fourth-order valence-corrected chi connectivity index (χ4v) is 5.34. The van der Waals surface area contributed by atoms with E-state index in [4.69, 9.17) is 4.42 Å². The Bertz CT molecular complexity index is 1140. The fraction of sp³-hybridized carbons (Fsp3) is 0.462. The van der Waals surface area contributed by atoms with Crippen molar-refractivity contribution in [2.75, 3.05) is 19.6 Å². The van der Waals surface area contributed by atoms with E-state index in [1.54, 1.807) is 6.26 Å². The number of rotatable bonds is 4. The molecule has 3 aromatic rings. The Hall–Kier alpha value is -3.02. The summed E-state index contributed by atoms with van der Waals surface area (Å²) in [7, 11) is 0. The first kappa shape index (κ1) is 20.9. The van der Waals surface area contributed by atoms with Crippen LogP contribution < -0.4 is 0 Å². The van der Waals surface area contributed by atoms with Gasteiger partial charge in [-0.3, -0.25) is 9.59 Å².